The highest BCUT2D eigenvalue weighted by atomic mass is 14.9. The van der Waals surface area contributed by atoms with Crippen LogP contribution in [-0.4, -0.2) is 11.6 Å². The van der Waals surface area contributed by atoms with Crippen molar-refractivity contribution in [1.82, 2.24) is 9.88 Å². The summed E-state index contributed by atoms with van der Waals surface area (Å²) in [6.07, 6.45) is 6.65. The molecule has 1 atom stereocenters. The highest BCUT2D eigenvalue weighted by Gasteiger charge is 2.07. The van der Waals surface area contributed by atoms with Crippen LogP contribution in [0.4, 0.5) is 0 Å². The lowest BCUT2D eigenvalue weighted by atomic mass is 10.1. The van der Waals surface area contributed by atoms with Crippen molar-refractivity contribution >= 4 is 0 Å². The third-order valence-electron chi connectivity index (χ3n) is 3.43. The van der Waals surface area contributed by atoms with Gasteiger partial charge in [0.1, 0.15) is 0 Å². The van der Waals surface area contributed by atoms with Gasteiger partial charge >= 0.3 is 0 Å². The molecular weight excluding hydrogens is 220 g/mol. The van der Waals surface area contributed by atoms with Crippen molar-refractivity contribution < 1.29 is 0 Å². The zero-order valence-corrected chi connectivity index (χ0v) is 11.3. The maximum Gasteiger partial charge on any atom is 0.0329 e. The zero-order chi connectivity index (χ0) is 12.8. The van der Waals surface area contributed by atoms with Gasteiger partial charge in [-0.1, -0.05) is 37.3 Å². The maximum absolute atomic E-state index is 3.34. The van der Waals surface area contributed by atoms with Gasteiger partial charge in [-0.3, -0.25) is 0 Å². The summed E-state index contributed by atoms with van der Waals surface area (Å²) in [7, 11) is 2.02. The van der Waals surface area contributed by atoms with Crippen molar-refractivity contribution in [3.8, 4) is 0 Å². The summed E-state index contributed by atoms with van der Waals surface area (Å²) in [5.74, 6) is 0. The van der Waals surface area contributed by atoms with E-state index in [1.807, 2.05) is 7.05 Å². The van der Waals surface area contributed by atoms with Crippen LogP contribution in [0.25, 0.3) is 0 Å². The Morgan fingerprint density at radius 1 is 1.17 bits per heavy atom. The third-order valence-corrected chi connectivity index (χ3v) is 3.43. The van der Waals surface area contributed by atoms with Gasteiger partial charge in [-0.2, -0.15) is 0 Å². The van der Waals surface area contributed by atoms with E-state index in [4.69, 9.17) is 0 Å². The second-order valence-corrected chi connectivity index (χ2v) is 4.67. The first-order valence-electron chi connectivity index (χ1n) is 6.70. The van der Waals surface area contributed by atoms with Gasteiger partial charge in [-0.15, -0.1) is 0 Å². The molecule has 1 heterocycles. The van der Waals surface area contributed by atoms with Crippen LogP contribution in [0.5, 0.6) is 0 Å². The number of hydrogen-bond donors (Lipinski definition) is 1. The molecular formula is C16H22N2. The van der Waals surface area contributed by atoms with E-state index in [1.54, 1.807) is 0 Å². The van der Waals surface area contributed by atoms with Crippen LogP contribution in [0.15, 0.2) is 48.8 Å². The van der Waals surface area contributed by atoms with Crippen molar-refractivity contribution in [2.24, 2.45) is 0 Å². The van der Waals surface area contributed by atoms with Gasteiger partial charge in [0, 0.05) is 25.0 Å². The molecule has 1 unspecified atom stereocenters. The fraction of sp³-hybridized carbons (Fsp3) is 0.375. The number of hydrogen-bond acceptors (Lipinski definition) is 1. The van der Waals surface area contributed by atoms with Gasteiger partial charge in [0.25, 0.3) is 0 Å². The van der Waals surface area contributed by atoms with Gasteiger partial charge in [0.15, 0.2) is 0 Å². The molecule has 0 saturated heterocycles. The Bertz CT molecular complexity index is 455. The van der Waals surface area contributed by atoms with Crippen LogP contribution in [0.2, 0.25) is 0 Å². The number of aromatic nitrogens is 1. The summed E-state index contributed by atoms with van der Waals surface area (Å²) in [5.41, 5.74) is 2.78. The first kappa shape index (κ1) is 12.9. The second kappa shape index (κ2) is 6.41. The van der Waals surface area contributed by atoms with E-state index in [0.29, 0.717) is 6.04 Å². The Balaban J connectivity index is 1.95. The largest absolute Gasteiger partial charge is 0.354 e. The molecule has 96 valence electrons. The second-order valence-electron chi connectivity index (χ2n) is 4.67. The van der Waals surface area contributed by atoms with E-state index in [2.05, 4.69) is 65.6 Å². The van der Waals surface area contributed by atoms with Crippen molar-refractivity contribution in [3.05, 3.63) is 59.9 Å². The van der Waals surface area contributed by atoms with E-state index in [9.17, 15) is 0 Å². The summed E-state index contributed by atoms with van der Waals surface area (Å²) in [5, 5.41) is 3.34. The lowest BCUT2D eigenvalue weighted by Gasteiger charge is -2.11. The molecule has 1 aromatic carbocycles. The number of nitrogens with one attached hydrogen (secondary N) is 1. The number of aryl methyl sites for hydroxylation is 2. The molecule has 2 heteroatoms. The van der Waals surface area contributed by atoms with E-state index in [1.165, 1.54) is 11.1 Å². The maximum atomic E-state index is 3.34. The molecule has 0 amide bonds. The minimum Gasteiger partial charge on any atom is -0.354 e. The highest BCUT2D eigenvalue weighted by molar-refractivity contribution is 5.17. The molecule has 1 N–H and O–H groups in total. The Kier molecular flexibility index (Phi) is 4.59. The SMILES string of the molecule is CCC(NC)c1ccn(CCc2ccccc2)c1. The zero-order valence-electron chi connectivity index (χ0n) is 11.3. The van der Waals surface area contributed by atoms with Crippen molar-refractivity contribution in [2.45, 2.75) is 32.4 Å². The van der Waals surface area contributed by atoms with E-state index in [0.717, 1.165) is 19.4 Å². The van der Waals surface area contributed by atoms with Crippen LogP contribution in [0.1, 0.15) is 30.5 Å². The molecule has 0 aliphatic rings. The lowest BCUT2D eigenvalue weighted by Crippen LogP contribution is -2.14. The molecule has 0 saturated carbocycles. The molecule has 0 bridgehead atoms. The topological polar surface area (TPSA) is 17.0 Å². The number of rotatable bonds is 6. The molecule has 0 aliphatic carbocycles. The summed E-state index contributed by atoms with van der Waals surface area (Å²) in [6.45, 7) is 3.26. The average molecular weight is 242 g/mol. The van der Waals surface area contributed by atoms with E-state index in [-0.39, 0.29) is 0 Å². The van der Waals surface area contributed by atoms with Crippen LogP contribution in [0, 0.1) is 0 Å². The Morgan fingerprint density at radius 2 is 1.94 bits per heavy atom. The summed E-state index contributed by atoms with van der Waals surface area (Å²) in [4.78, 5) is 0. The van der Waals surface area contributed by atoms with Gasteiger partial charge in [0.05, 0.1) is 0 Å². The van der Waals surface area contributed by atoms with Gasteiger partial charge in [-0.05, 0) is 37.1 Å². The van der Waals surface area contributed by atoms with Gasteiger partial charge in [-0.25, -0.2) is 0 Å². The smallest absolute Gasteiger partial charge is 0.0329 e. The van der Waals surface area contributed by atoms with Crippen molar-refractivity contribution in [2.75, 3.05) is 7.05 Å². The molecule has 0 aliphatic heterocycles. The normalized spacial score (nSPS) is 12.6. The van der Waals surface area contributed by atoms with Crippen LogP contribution in [0.3, 0.4) is 0 Å². The molecule has 2 aromatic rings. The van der Waals surface area contributed by atoms with Crippen molar-refractivity contribution in [3.63, 3.8) is 0 Å². The fourth-order valence-electron chi connectivity index (χ4n) is 2.31. The summed E-state index contributed by atoms with van der Waals surface area (Å²) >= 11 is 0. The van der Waals surface area contributed by atoms with Crippen LogP contribution < -0.4 is 5.32 Å². The lowest BCUT2D eigenvalue weighted by molar-refractivity contribution is 0.574. The van der Waals surface area contributed by atoms with E-state index >= 15 is 0 Å². The molecule has 0 fully saturated rings. The molecule has 0 radical (unpaired) electrons. The van der Waals surface area contributed by atoms with E-state index < -0.39 is 0 Å². The first-order valence-corrected chi connectivity index (χ1v) is 6.70. The highest BCUT2D eigenvalue weighted by Crippen LogP contribution is 2.16. The molecule has 0 spiro atoms. The Labute approximate surface area is 110 Å². The van der Waals surface area contributed by atoms with Gasteiger partial charge < -0.3 is 9.88 Å². The number of nitrogens with zero attached hydrogens (tertiary/aromatic N) is 1. The molecule has 2 rings (SSSR count). The Morgan fingerprint density at radius 3 is 2.61 bits per heavy atom. The molecule has 1 aromatic heterocycles. The molecule has 2 nitrogen and oxygen atoms in total. The first-order chi connectivity index (χ1) is 8.83. The average Bonchev–Trinajstić information content (AvgIpc) is 2.88. The third kappa shape index (κ3) is 3.23. The number of benzene rings is 1. The predicted molar refractivity (Wildman–Crippen MR) is 76.7 cm³/mol. The van der Waals surface area contributed by atoms with Gasteiger partial charge in [0.2, 0.25) is 0 Å². The summed E-state index contributed by atoms with van der Waals surface area (Å²) < 4.78 is 2.28. The fourth-order valence-corrected chi connectivity index (χ4v) is 2.31. The summed E-state index contributed by atoms with van der Waals surface area (Å²) in [6, 6.07) is 13.3. The monoisotopic (exact) mass is 242 g/mol. The predicted octanol–water partition coefficient (Wildman–Crippen LogP) is 3.40. The quantitative estimate of drug-likeness (QED) is 0.821. The standard InChI is InChI=1S/C16H22N2/c1-3-16(17-2)15-10-12-18(13-15)11-9-14-7-5-4-6-8-14/h4-8,10,12-13,16-17H,3,9,11H2,1-2H3. The van der Waals surface area contributed by atoms with Crippen molar-refractivity contribution in [1.29, 1.82) is 0 Å². The van der Waals surface area contributed by atoms with Crippen LogP contribution >= 0.6 is 0 Å². The minimum atomic E-state index is 0.475. The minimum absolute atomic E-state index is 0.475. The Hall–Kier alpha value is -1.54. The molecule has 18 heavy (non-hydrogen) atoms. The van der Waals surface area contributed by atoms with Crippen LogP contribution in [-0.2, 0) is 13.0 Å².